The highest BCUT2D eigenvalue weighted by molar-refractivity contribution is 5.95. The highest BCUT2D eigenvalue weighted by atomic mass is 16.5. The van der Waals surface area contributed by atoms with Gasteiger partial charge in [-0.3, -0.25) is 9.78 Å². The van der Waals surface area contributed by atoms with Gasteiger partial charge in [-0.1, -0.05) is 6.92 Å². The number of carbonyl (C=O) groups excluding carboxylic acids is 1. The summed E-state index contributed by atoms with van der Waals surface area (Å²) in [7, 11) is 0. The predicted molar refractivity (Wildman–Crippen MR) is 108 cm³/mol. The van der Waals surface area contributed by atoms with Crippen LogP contribution < -0.4 is 10.1 Å². The van der Waals surface area contributed by atoms with Crippen LogP contribution in [0, 0.1) is 0 Å². The van der Waals surface area contributed by atoms with E-state index in [0.717, 1.165) is 49.8 Å². The molecule has 1 saturated heterocycles. The lowest BCUT2D eigenvalue weighted by Gasteiger charge is -2.34. The molecule has 27 heavy (non-hydrogen) atoms. The molecule has 1 aliphatic heterocycles. The zero-order valence-electron chi connectivity index (χ0n) is 16.3. The van der Waals surface area contributed by atoms with Crippen LogP contribution in [0.5, 0.6) is 5.75 Å². The zero-order chi connectivity index (χ0) is 19.2. The summed E-state index contributed by atoms with van der Waals surface area (Å²) in [5, 5.41) is 3.30. The Kier molecular flexibility index (Phi) is 6.29. The maximum atomic E-state index is 12.8. The molecule has 144 valence electrons. The Labute approximate surface area is 161 Å². The molecule has 1 N–H and O–H groups in total. The van der Waals surface area contributed by atoms with E-state index >= 15 is 0 Å². The van der Waals surface area contributed by atoms with Crippen molar-refractivity contribution in [3.05, 3.63) is 48.3 Å². The molecule has 1 amide bonds. The number of hydrogen-bond acceptors (Lipinski definition) is 5. The molecular formula is C21H28N4O2. The third-order valence-corrected chi connectivity index (χ3v) is 4.61. The quantitative estimate of drug-likeness (QED) is 0.847. The molecule has 6 nitrogen and oxygen atoms in total. The molecule has 2 heterocycles. The number of ether oxygens (including phenoxy) is 1. The van der Waals surface area contributed by atoms with E-state index in [2.05, 4.69) is 22.1 Å². The van der Waals surface area contributed by atoms with Gasteiger partial charge in [-0.05, 0) is 50.7 Å². The maximum Gasteiger partial charge on any atom is 0.255 e. The van der Waals surface area contributed by atoms with Crippen LogP contribution in [0.15, 0.2) is 42.7 Å². The number of pyridine rings is 1. The molecule has 0 saturated carbocycles. The van der Waals surface area contributed by atoms with Gasteiger partial charge in [0, 0.05) is 38.1 Å². The lowest BCUT2D eigenvalue weighted by atomic mass is 10.2. The number of hydrogen-bond donors (Lipinski definition) is 1. The van der Waals surface area contributed by atoms with Gasteiger partial charge in [0.25, 0.3) is 5.91 Å². The fraction of sp³-hybridized carbons (Fsp3) is 0.429. The molecule has 1 aromatic heterocycles. The molecule has 6 heteroatoms. The Hall–Kier alpha value is -2.60. The molecule has 0 atom stereocenters. The molecule has 0 unspecified atom stereocenters. The van der Waals surface area contributed by atoms with E-state index in [0.29, 0.717) is 5.56 Å². The minimum absolute atomic E-state index is 0.0441. The third-order valence-electron chi connectivity index (χ3n) is 4.61. The number of benzene rings is 1. The van der Waals surface area contributed by atoms with Crippen molar-refractivity contribution in [2.75, 3.05) is 38.0 Å². The summed E-state index contributed by atoms with van der Waals surface area (Å²) < 4.78 is 5.66. The van der Waals surface area contributed by atoms with Crippen LogP contribution in [0.4, 0.5) is 11.4 Å². The van der Waals surface area contributed by atoms with Gasteiger partial charge in [-0.25, -0.2) is 0 Å². The van der Waals surface area contributed by atoms with E-state index in [-0.39, 0.29) is 12.0 Å². The van der Waals surface area contributed by atoms with E-state index in [9.17, 15) is 4.79 Å². The number of piperazine rings is 1. The van der Waals surface area contributed by atoms with Crippen LogP contribution in [0.1, 0.15) is 31.1 Å². The largest absolute Gasteiger partial charge is 0.491 e. The molecule has 3 rings (SSSR count). The minimum atomic E-state index is 0.0441. The van der Waals surface area contributed by atoms with Crippen LogP contribution in [0.25, 0.3) is 0 Å². The molecule has 0 aliphatic carbocycles. The van der Waals surface area contributed by atoms with Crippen molar-refractivity contribution in [1.29, 1.82) is 0 Å². The molecular weight excluding hydrogens is 340 g/mol. The number of amides is 1. The number of anilines is 2. The topological polar surface area (TPSA) is 57.7 Å². The SMILES string of the molecule is CCN1CCN(C(=O)c2cncc(Nc3ccc(OC(C)C)cc3)c2)CC1. The summed E-state index contributed by atoms with van der Waals surface area (Å²) in [6.07, 6.45) is 3.51. The Morgan fingerprint density at radius 2 is 1.81 bits per heavy atom. The first-order valence-electron chi connectivity index (χ1n) is 9.55. The molecule has 1 fully saturated rings. The van der Waals surface area contributed by atoms with Crippen molar-refractivity contribution in [1.82, 2.24) is 14.8 Å². The monoisotopic (exact) mass is 368 g/mol. The number of carbonyl (C=O) groups is 1. The molecule has 0 radical (unpaired) electrons. The first kappa shape index (κ1) is 19.2. The Morgan fingerprint density at radius 1 is 1.11 bits per heavy atom. The van der Waals surface area contributed by atoms with Crippen molar-refractivity contribution >= 4 is 17.3 Å². The van der Waals surface area contributed by atoms with Crippen molar-refractivity contribution in [3.8, 4) is 5.75 Å². The van der Waals surface area contributed by atoms with Crippen LogP contribution in [0.2, 0.25) is 0 Å². The number of nitrogens with one attached hydrogen (secondary N) is 1. The average molecular weight is 368 g/mol. The second-order valence-corrected chi connectivity index (χ2v) is 7.00. The molecule has 0 spiro atoms. The summed E-state index contributed by atoms with van der Waals surface area (Å²) in [5.74, 6) is 0.881. The molecule has 2 aromatic rings. The fourth-order valence-corrected chi connectivity index (χ4v) is 3.13. The minimum Gasteiger partial charge on any atom is -0.491 e. The number of rotatable bonds is 6. The van der Waals surface area contributed by atoms with Gasteiger partial charge in [0.1, 0.15) is 5.75 Å². The summed E-state index contributed by atoms with van der Waals surface area (Å²) in [5.41, 5.74) is 2.34. The lowest BCUT2D eigenvalue weighted by Crippen LogP contribution is -2.48. The van der Waals surface area contributed by atoms with Crippen LogP contribution in [-0.4, -0.2) is 59.5 Å². The van der Waals surface area contributed by atoms with Crippen LogP contribution >= 0.6 is 0 Å². The van der Waals surface area contributed by atoms with Gasteiger partial charge in [0.2, 0.25) is 0 Å². The lowest BCUT2D eigenvalue weighted by molar-refractivity contribution is 0.0643. The third kappa shape index (κ3) is 5.20. The predicted octanol–water partition coefficient (Wildman–Crippen LogP) is 3.39. The second kappa shape index (κ2) is 8.86. The highest BCUT2D eigenvalue weighted by Crippen LogP contribution is 2.21. The summed E-state index contributed by atoms with van der Waals surface area (Å²) in [6.45, 7) is 10.6. The number of aromatic nitrogens is 1. The molecule has 1 aromatic carbocycles. The van der Waals surface area contributed by atoms with E-state index in [1.165, 1.54) is 0 Å². The van der Waals surface area contributed by atoms with Gasteiger partial charge < -0.3 is 19.9 Å². The van der Waals surface area contributed by atoms with E-state index < -0.39 is 0 Å². The Bertz CT molecular complexity index is 753. The average Bonchev–Trinajstić information content (AvgIpc) is 2.69. The molecule has 0 bridgehead atoms. The number of likely N-dealkylation sites (N-methyl/N-ethyl adjacent to an activating group) is 1. The van der Waals surface area contributed by atoms with Gasteiger partial charge >= 0.3 is 0 Å². The van der Waals surface area contributed by atoms with Crippen molar-refractivity contribution < 1.29 is 9.53 Å². The standard InChI is InChI=1S/C21H28N4O2/c1-4-24-9-11-25(12-10-24)21(26)17-13-19(15-22-14-17)23-18-5-7-20(8-6-18)27-16(2)3/h5-8,13-16,23H,4,9-12H2,1-3H3. The van der Waals surface area contributed by atoms with Crippen molar-refractivity contribution in [2.45, 2.75) is 26.9 Å². The highest BCUT2D eigenvalue weighted by Gasteiger charge is 2.21. The van der Waals surface area contributed by atoms with Crippen LogP contribution in [0.3, 0.4) is 0 Å². The van der Waals surface area contributed by atoms with E-state index in [1.807, 2.05) is 49.1 Å². The molecule has 1 aliphatic rings. The maximum absolute atomic E-state index is 12.8. The number of nitrogens with zero attached hydrogens (tertiary/aromatic N) is 3. The Morgan fingerprint density at radius 3 is 2.44 bits per heavy atom. The van der Waals surface area contributed by atoms with Gasteiger partial charge in [-0.2, -0.15) is 0 Å². The van der Waals surface area contributed by atoms with Gasteiger partial charge in [0.05, 0.1) is 23.6 Å². The van der Waals surface area contributed by atoms with Crippen molar-refractivity contribution in [2.24, 2.45) is 0 Å². The summed E-state index contributed by atoms with van der Waals surface area (Å²) in [6, 6.07) is 9.63. The normalized spacial score (nSPS) is 15.0. The van der Waals surface area contributed by atoms with Gasteiger partial charge in [0.15, 0.2) is 0 Å². The first-order chi connectivity index (χ1) is 13.0. The summed E-state index contributed by atoms with van der Waals surface area (Å²) >= 11 is 0. The van der Waals surface area contributed by atoms with Gasteiger partial charge in [-0.15, -0.1) is 0 Å². The van der Waals surface area contributed by atoms with Crippen LogP contribution in [-0.2, 0) is 0 Å². The Balaban J connectivity index is 1.64. The smallest absolute Gasteiger partial charge is 0.255 e. The van der Waals surface area contributed by atoms with Crippen molar-refractivity contribution in [3.63, 3.8) is 0 Å². The van der Waals surface area contributed by atoms with E-state index in [1.54, 1.807) is 12.4 Å². The first-order valence-corrected chi connectivity index (χ1v) is 9.55. The second-order valence-electron chi connectivity index (χ2n) is 7.00. The van der Waals surface area contributed by atoms with E-state index in [4.69, 9.17) is 4.74 Å². The zero-order valence-corrected chi connectivity index (χ0v) is 16.3. The fourth-order valence-electron chi connectivity index (χ4n) is 3.13. The summed E-state index contributed by atoms with van der Waals surface area (Å²) in [4.78, 5) is 21.3.